The van der Waals surface area contributed by atoms with Crippen LogP contribution < -0.4 is 0 Å². The summed E-state index contributed by atoms with van der Waals surface area (Å²) in [5.41, 5.74) is 0. The summed E-state index contributed by atoms with van der Waals surface area (Å²) in [5, 5.41) is 12.2. The minimum absolute atomic E-state index is 0.00928. The van der Waals surface area contributed by atoms with E-state index in [0.29, 0.717) is 18.3 Å². The number of carboxylic acid groups (broad SMARTS) is 1. The molecule has 0 fully saturated rings. The van der Waals surface area contributed by atoms with Crippen LogP contribution in [0.25, 0.3) is 0 Å². The summed E-state index contributed by atoms with van der Waals surface area (Å²) in [6, 6.07) is 0. The van der Waals surface area contributed by atoms with Crippen molar-refractivity contribution in [2.75, 3.05) is 6.61 Å². The lowest BCUT2D eigenvalue weighted by Crippen LogP contribution is -2.02. The zero-order valence-corrected chi connectivity index (χ0v) is 8.77. The molecule has 0 spiro atoms. The molecular formula is C9H14N2O4. The molecule has 0 saturated carbocycles. The maximum Gasteiger partial charge on any atom is 0.303 e. The van der Waals surface area contributed by atoms with Gasteiger partial charge in [0.15, 0.2) is 5.82 Å². The van der Waals surface area contributed by atoms with Gasteiger partial charge in [0.1, 0.15) is 6.10 Å². The van der Waals surface area contributed by atoms with Crippen molar-refractivity contribution in [3.8, 4) is 0 Å². The Morgan fingerprint density at radius 1 is 1.67 bits per heavy atom. The Bertz CT molecular complexity index is 324. The summed E-state index contributed by atoms with van der Waals surface area (Å²) in [7, 11) is 0. The average Bonchev–Trinajstić information content (AvgIpc) is 2.63. The molecule has 0 radical (unpaired) electrons. The number of hydrogen-bond acceptors (Lipinski definition) is 5. The molecule has 1 atom stereocenters. The number of carbonyl (C=O) groups is 1. The molecule has 1 N–H and O–H groups in total. The van der Waals surface area contributed by atoms with Crippen molar-refractivity contribution in [3.63, 3.8) is 0 Å². The third-order valence-electron chi connectivity index (χ3n) is 1.82. The van der Waals surface area contributed by atoms with Gasteiger partial charge >= 0.3 is 5.97 Å². The monoisotopic (exact) mass is 214 g/mol. The second kappa shape index (κ2) is 5.45. The lowest BCUT2D eigenvalue weighted by atomic mass is 10.3. The molecule has 0 amide bonds. The lowest BCUT2D eigenvalue weighted by Gasteiger charge is -2.04. The second-order valence-corrected chi connectivity index (χ2v) is 3.04. The molecule has 0 aliphatic carbocycles. The van der Waals surface area contributed by atoms with Crippen molar-refractivity contribution in [2.24, 2.45) is 0 Å². The van der Waals surface area contributed by atoms with Crippen LogP contribution in [0.2, 0.25) is 0 Å². The first-order valence-corrected chi connectivity index (χ1v) is 4.79. The van der Waals surface area contributed by atoms with E-state index in [1.165, 1.54) is 0 Å². The zero-order chi connectivity index (χ0) is 11.3. The van der Waals surface area contributed by atoms with Crippen LogP contribution in [0.3, 0.4) is 0 Å². The molecule has 6 heteroatoms. The van der Waals surface area contributed by atoms with Crippen molar-refractivity contribution < 1.29 is 19.2 Å². The molecule has 15 heavy (non-hydrogen) atoms. The van der Waals surface area contributed by atoms with Gasteiger partial charge in [-0.3, -0.25) is 4.79 Å². The topological polar surface area (TPSA) is 85.5 Å². The van der Waals surface area contributed by atoms with Gasteiger partial charge in [-0.15, -0.1) is 0 Å². The maximum absolute atomic E-state index is 10.3. The number of rotatable bonds is 6. The highest BCUT2D eigenvalue weighted by Gasteiger charge is 2.14. The third kappa shape index (κ3) is 3.67. The summed E-state index contributed by atoms with van der Waals surface area (Å²) in [5.74, 6) is -0.0937. The Labute approximate surface area is 87.2 Å². The molecule has 0 aromatic carbocycles. The Morgan fingerprint density at radius 2 is 2.40 bits per heavy atom. The molecular weight excluding hydrogens is 200 g/mol. The van der Waals surface area contributed by atoms with E-state index in [-0.39, 0.29) is 18.9 Å². The van der Waals surface area contributed by atoms with E-state index >= 15 is 0 Å². The van der Waals surface area contributed by atoms with Gasteiger partial charge in [-0.25, -0.2) is 0 Å². The Morgan fingerprint density at radius 3 is 3.00 bits per heavy atom. The van der Waals surface area contributed by atoms with Crippen molar-refractivity contribution in [1.82, 2.24) is 10.1 Å². The van der Waals surface area contributed by atoms with E-state index in [1.807, 2.05) is 13.8 Å². The SMILES string of the molecule is CCO[C@@H](C)c1noc(CCC(=O)O)n1. The standard InChI is InChI=1S/C9H14N2O4/c1-3-14-6(2)9-10-7(15-11-9)4-5-8(12)13/h6H,3-5H2,1-2H3,(H,12,13)/t6-/m0/s1. The normalized spacial score (nSPS) is 12.7. The van der Waals surface area contributed by atoms with Crippen molar-refractivity contribution in [3.05, 3.63) is 11.7 Å². The fourth-order valence-corrected chi connectivity index (χ4v) is 1.07. The first-order valence-electron chi connectivity index (χ1n) is 4.79. The molecule has 6 nitrogen and oxygen atoms in total. The summed E-state index contributed by atoms with van der Waals surface area (Å²) >= 11 is 0. The molecule has 1 aromatic rings. The van der Waals surface area contributed by atoms with Gasteiger partial charge in [0.05, 0.1) is 6.42 Å². The van der Waals surface area contributed by atoms with E-state index < -0.39 is 5.97 Å². The van der Waals surface area contributed by atoms with Crippen LogP contribution in [0.15, 0.2) is 4.52 Å². The highest BCUT2D eigenvalue weighted by Crippen LogP contribution is 2.13. The first kappa shape index (κ1) is 11.6. The summed E-state index contributed by atoms with van der Waals surface area (Å²) in [6.07, 6.45) is 0.0172. The van der Waals surface area contributed by atoms with Crippen LogP contribution in [0.4, 0.5) is 0 Å². The van der Waals surface area contributed by atoms with Gasteiger partial charge in [-0.05, 0) is 13.8 Å². The summed E-state index contributed by atoms with van der Waals surface area (Å²) < 4.78 is 10.1. The lowest BCUT2D eigenvalue weighted by molar-refractivity contribution is -0.137. The Hall–Kier alpha value is -1.43. The van der Waals surface area contributed by atoms with Gasteiger partial charge in [0.2, 0.25) is 5.89 Å². The second-order valence-electron chi connectivity index (χ2n) is 3.04. The van der Waals surface area contributed by atoms with Gasteiger partial charge in [0.25, 0.3) is 0 Å². The van der Waals surface area contributed by atoms with E-state index in [2.05, 4.69) is 10.1 Å². The van der Waals surface area contributed by atoms with Crippen LogP contribution in [-0.2, 0) is 16.0 Å². The number of nitrogens with zero attached hydrogens (tertiary/aromatic N) is 2. The van der Waals surface area contributed by atoms with Gasteiger partial charge in [-0.2, -0.15) is 4.98 Å². The smallest absolute Gasteiger partial charge is 0.303 e. The first-order chi connectivity index (χ1) is 7.13. The molecule has 0 aliphatic heterocycles. The van der Waals surface area contributed by atoms with Crippen LogP contribution in [0, 0.1) is 0 Å². The van der Waals surface area contributed by atoms with Crippen LogP contribution in [-0.4, -0.2) is 27.8 Å². The summed E-state index contributed by atoms with van der Waals surface area (Å²) in [6.45, 7) is 4.26. The zero-order valence-electron chi connectivity index (χ0n) is 8.77. The van der Waals surface area contributed by atoms with Crippen molar-refractivity contribution >= 4 is 5.97 Å². The van der Waals surface area contributed by atoms with E-state index in [9.17, 15) is 4.79 Å². The van der Waals surface area contributed by atoms with Crippen molar-refractivity contribution in [2.45, 2.75) is 32.8 Å². The predicted molar refractivity (Wildman–Crippen MR) is 50.3 cm³/mol. The quantitative estimate of drug-likeness (QED) is 0.765. The third-order valence-corrected chi connectivity index (χ3v) is 1.82. The molecule has 84 valence electrons. The fourth-order valence-electron chi connectivity index (χ4n) is 1.07. The minimum atomic E-state index is -0.882. The predicted octanol–water partition coefficient (Wildman–Crippen LogP) is 1.18. The van der Waals surface area contributed by atoms with Crippen molar-refractivity contribution in [1.29, 1.82) is 0 Å². The highest BCUT2D eigenvalue weighted by molar-refractivity contribution is 5.66. The maximum atomic E-state index is 10.3. The fraction of sp³-hybridized carbons (Fsp3) is 0.667. The molecule has 0 saturated heterocycles. The molecule has 1 rings (SSSR count). The number of aryl methyl sites for hydroxylation is 1. The van der Waals surface area contributed by atoms with E-state index in [4.69, 9.17) is 14.4 Å². The average molecular weight is 214 g/mol. The van der Waals surface area contributed by atoms with Crippen LogP contribution >= 0.6 is 0 Å². The van der Waals surface area contributed by atoms with Gasteiger partial charge in [0, 0.05) is 13.0 Å². The summed E-state index contributed by atoms with van der Waals surface area (Å²) in [4.78, 5) is 14.3. The molecule has 1 heterocycles. The Balaban J connectivity index is 2.51. The number of hydrogen-bond donors (Lipinski definition) is 1. The molecule has 0 aliphatic rings. The number of ether oxygens (including phenoxy) is 1. The van der Waals surface area contributed by atoms with E-state index in [0.717, 1.165) is 0 Å². The van der Waals surface area contributed by atoms with E-state index in [1.54, 1.807) is 0 Å². The molecule has 0 bridgehead atoms. The number of carboxylic acids is 1. The van der Waals surface area contributed by atoms with Gasteiger partial charge in [-0.1, -0.05) is 5.16 Å². The number of aliphatic carboxylic acids is 1. The highest BCUT2D eigenvalue weighted by atomic mass is 16.5. The number of aromatic nitrogens is 2. The minimum Gasteiger partial charge on any atom is -0.481 e. The molecule has 1 aromatic heterocycles. The van der Waals surface area contributed by atoms with Crippen LogP contribution in [0.5, 0.6) is 0 Å². The van der Waals surface area contributed by atoms with Crippen LogP contribution in [0.1, 0.15) is 38.1 Å². The van der Waals surface area contributed by atoms with Gasteiger partial charge < -0.3 is 14.4 Å². The largest absolute Gasteiger partial charge is 0.481 e. The Kier molecular flexibility index (Phi) is 4.23. The molecule has 0 unspecified atom stereocenters.